The summed E-state index contributed by atoms with van der Waals surface area (Å²) in [5.74, 6) is 0. The summed E-state index contributed by atoms with van der Waals surface area (Å²) in [6.45, 7) is 0. The molecule has 2 heteroatoms. The molecule has 0 aromatic heterocycles. The van der Waals surface area contributed by atoms with Crippen LogP contribution < -0.4 is 13.2 Å². The van der Waals surface area contributed by atoms with Crippen molar-refractivity contribution in [3.05, 3.63) is 157 Å². The summed E-state index contributed by atoms with van der Waals surface area (Å²) in [6, 6.07) is 54.1. The van der Waals surface area contributed by atoms with E-state index in [4.69, 9.17) is 4.99 Å². The van der Waals surface area contributed by atoms with Crippen LogP contribution in [-0.2, 0) is 0 Å². The standard InChI is InChI=1S/C31H25GeN/c1-6-16-26(17-7-1)31(33-30-24-14-5-15-25-30)32(27-18-8-2-9-19-27,28-20-10-3-11-21-28)29-22-12-4-13-23-29/h1-25H. The molecule has 0 aliphatic rings. The van der Waals surface area contributed by atoms with Crippen LogP contribution in [0.4, 0.5) is 5.69 Å². The Kier molecular flexibility index (Phi) is 6.32. The average molecular weight is 484 g/mol. The van der Waals surface area contributed by atoms with Crippen LogP contribution in [0.15, 0.2) is 157 Å². The van der Waals surface area contributed by atoms with Gasteiger partial charge < -0.3 is 0 Å². The van der Waals surface area contributed by atoms with E-state index in [1.54, 1.807) is 0 Å². The third-order valence-corrected chi connectivity index (χ3v) is 15.9. The summed E-state index contributed by atoms with van der Waals surface area (Å²) >= 11 is -3.47. The van der Waals surface area contributed by atoms with Gasteiger partial charge in [-0.15, -0.1) is 0 Å². The van der Waals surface area contributed by atoms with Gasteiger partial charge in [-0.2, -0.15) is 0 Å². The van der Waals surface area contributed by atoms with E-state index >= 15 is 0 Å². The van der Waals surface area contributed by atoms with Gasteiger partial charge in [-0.1, -0.05) is 0 Å². The molecule has 5 aromatic rings. The van der Waals surface area contributed by atoms with Gasteiger partial charge >= 0.3 is 199 Å². The Morgan fingerprint density at radius 1 is 0.394 bits per heavy atom. The fraction of sp³-hybridized carbons (Fsp3) is 0. The third-order valence-electron chi connectivity index (χ3n) is 6.02. The molecule has 0 fully saturated rings. The number of benzene rings is 5. The number of hydrogen-bond acceptors (Lipinski definition) is 1. The van der Waals surface area contributed by atoms with Crippen LogP contribution in [0.1, 0.15) is 5.56 Å². The summed E-state index contributed by atoms with van der Waals surface area (Å²) < 4.78 is 5.29. The minimum absolute atomic E-state index is 0.981. The molecule has 0 saturated heterocycles. The summed E-state index contributed by atoms with van der Waals surface area (Å²) in [6.07, 6.45) is 0. The fourth-order valence-electron chi connectivity index (χ4n) is 4.57. The molecule has 0 N–H and O–H groups in total. The van der Waals surface area contributed by atoms with Crippen LogP contribution >= 0.6 is 0 Å². The Balaban J connectivity index is 1.94. The Bertz CT molecular complexity index is 1220. The molecule has 0 aliphatic carbocycles. The zero-order valence-corrected chi connectivity index (χ0v) is 20.5. The topological polar surface area (TPSA) is 12.4 Å². The van der Waals surface area contributed by atoms with Crippen LogP contribution in [0, 0.1) is 0 Å². The Morgan fingerprint density at radius 2 is 0.727 bits per heavy atom. The van der Waals surface area contributed by atoms with Crippen molar-refractivity contribution in [3.8, 4) is 0 Å². The maximum atomic E-state index is 5.43. The molecule has 5 rings (SSSR count). The van der Waals surface area contributed by atoms with Crippen LogP contribution in [0.5, 0.6) is 0 Å². The van der Waals surface area contributed by atoms with Gasteiger partial charge in [-0.3, -0.25) is 0 Å². The van der Waals surface area contributed by atoms with E-state index in [-0.39, 0.29) is 0 Å². The summed E-state index contributed by atoms with van der Waals surface area (Å²) in [5.41, 5.74) is 2.16. The van der Waals surface area contributed by atoms with Crippen molar-refractivity contribution in [2.75, 3.05) is 0 Å². The quantitative estimate of drug-likeness (QED) is 0.223. The number of para-hydroxylation sites is 1. The van der Waals surface area contributed by atoms with Gasteiger partial charge in [-0.25, -0.2) is 0 Å². The first-order chi connectivity index (χ1) is 16.4. The third kappa shape index (κ3) is 4.20. The molecule has 0 aliphatic heterocycles. The van der Waals surface area contributed by atoms with E-state index in [2.05, 4.69) is 146 Å². The first-order valence-electron chi connectivity index (χ1n) is 11.3. The number of aliphatic imine (C=N–C) groups is 1. The number of nitrogens with zero attached hydrogens (tertiary/aromatic N) is 1. The van der Waals surface area contributed by atoms with Crippen molar-refractivity contribution in [1.82, 2.24) is 0 Å². The summed E-state index contributed by atoms with van der Waals surface area (Å²) in [4.78, 5) is 5.43. The van der Waals surface area contributed by atoms with E-state index < -0.39 is 13.3 Å². The second-order valence-electron chi connectivity index (χ2n) is 8.01. The van der Waals surface area contributed by atoms with Gasteiger partial charge in [0.25, 0.3) is 0 Å². The summed E-state index contributed by atoms with van der Waals surface area (Å²) in [7, 11) is 0. The monoisotopic (exact) mass is 485 g/mol. The van der Waals surface area contributed by atoms with Gasteiger partial charge in [0, 0.05) is 0 Å². The molecule has 0 spiro atoms. The predicted molar refractivity (Wildman–Crippen MR) is 143 cm³/mol. The SMILES string of the molecule is c1ccc(N=[C](c2ccccc2)[Ge]([c]2ccccc2)([c]2ccccc2)[c]2ccccc2)cc1. The van der Waals surface area contributed by atoms with Crippen molar-refractivity contribution in [1.29, 1.82) is 0 Å². The van der Waals surface area contributed by atoms with Crippen molar-refractivity contribution < 1.29 is 0 Å². The average Bonchev–Trinajstić information content (AvgIpc) is 2.91. The molecule has 158 valence electrons. The van der Waals surface area contributed by atoms with Gasteiger partial charge in [0.1, 0.15) is 0 Å². The molecule has 0 amide bonds. The first kappa shape index (κ1) is 21.2. The minimum atomic E-state index is -3.47. The molecule has 33 heavy (non-hydrogen) atoms. The maximum absolute atomic E-state index is 5.43. The van der Waals surface area contributed by atoms with E-state index in [1.165, 1.54) is 23.3 Å². The second kappa shape index (κ2) is 9.85. The zero-order valence-electron chi connectivity index (χ0n) is 18.4. The Morgan fingerprint density at radius 3 is 1.12 bits per heavy atom. The molecule has 5 aromatic carbocycles. The molecular formula is C31H25GeN. The molecule has 0 atom stereocenters. The molecule has 0 unspecified atom stereocenters. The van der Waals surface area contributed by atoms with E-state index in [1.807, 2.05) is 6.07 Å². The van der Waals surface area contributed by atoms with Crippen LogP contribution in [0.2, 0.25) is 0 Å². The van der Waals surface area contributed by atoms with Gasteiger partial charge in [0.2, 0.25) is 0 Å². The normalized spacial score (nSPS) is 11.8. The second-order valence-corrected chi connectivity index (χ2v) is 15.8. The van der Waals surface area contributed by atoms with Crippen LogP contribution in [0.25, 0.3) is 0 Å². The van der Waals surface area contributed by atoms with Crippen molar-refractivity contribution >= 4 is 36.7 Å². The van der Waals surface area contributed by atoms with E-state index in [9.17, 15) is 0 Å². The van der Waals surface area contributed by atoms with Crippen LogP contribution in [-0.4, -0.2) is 17.8 Å². The zero-order chi connectivity index (χ0) is 22.3. The molecular weight excluding hydrogens is 459 g/mol. The summed E-state index contributed by atoms with van der Waals surface area (Å²) in [5, 5.41) is 0. The van der Waals surface area contributed by atoms with Crippen LogP contribution in [0.3, 0.4) is 0 Å². The van der Waals surface area contributed by atoms with Crippen molar-refractivity contribution in [2.45, 2.75) is 0 Å². The number of rotatable bonds is 6. The fourth-order valence-corrected chi connectivity index (χ4v) is 14.6. The molecule has 0 bridgehead atoms. The predicted octanol–water partition coefficient (Wildman–Crippen LogP) is 5.52. The molecule has 1 nitrogen and oxygen atoms in total. The molecule has 0 heterocycles. The van der Waals surface area contributed by atoms with Gasteiger partial charge in [0.05, 0.1) is 0 Å². The Labute approximate surface area is 198 Å². The Hall–Kier alpha value is -3.69. The van der Waals surface area contributed by atoms with E-state index in [0.717, 1.165) is 5.69 Å². The van der Waals surface area contributed by atoms with E-state index in [0.29, 0.717) is 0 Å². The van der Waals surface area contributed by atoms with Crippen molar-refractivity contribution in [3.63, 3.8) is 0 Å². The number of hydrogen-bond donors (Lipinski definition) is 0. The van der Waals surface area contributed by atoms with Gasteiger partial charge in [0.15, 0.2) is 0 Å². The molecule has 0 radical (unpaired) electrons. The van der Waals surface area contributed by atoms with Gasteiger partial charge in [-0.05, 0) is 0 Å². The van der Waals surface area contributed by atoms with Crippen molar-refractivity contribution in [2.24, 2.45) is 4.99 Å². The molecule has 0 saturated carbocycles. The first-order valence-corrected chi connectivity index (χ1v) is 15.4.